The molecule has 0 saturated carbocycles. The van der Waals surface area contributed by atoms with Gasteiger partial charge in [-0.2, -0.15) is 0 Å². The zero-order valence-corrected chi connectivity index (χ0v) is 9.59. The highest BCUT2D eigenvalue weighted by molar-refractivity contribution is 5.29. The van der Waals surface area contributed by atoms with Gasteiger partial charge in [-0.15, -0.1) is 0 Å². The van der Waals surface area contributed by atoms with E-state index in [9.17, 15) is 0 Å². The summed E-state index contributed by atoms with van der Waals surface area (Å²) in [7, 11) is 0. The highest BCUT2D eigenvalue weighted by atomic mass is 15.2. The third kappa shape index (κ3) is 2.05. The second kappa shape index (κ2) is 4.79. The number of aromatic nitrogens is 3. The monoisotopic (exact) mass is 216 g/mol. The summed E-state index contributed by atoms with van der Waals surface area (Å²) in [5, 5.41) is 3.24. The highest BCUT2D eigenvalue weighted by Crippen LogP contribution is 2.20. The van der Waals surface area contributed by atoms with Crippen molar-refractivity contribution >= 4 is 5.95 Å². The summed E-state index contributed by atoms with van der Waals surface area (Å²) in [5.41, 5.74) is 1.18. The minimum atomic E-state index is 0.241. The van der Waals surface area contributed by atoms with Crippen molar-refractivity contribution in [3.63, 3.8) is 0 Å². The summed E-state index contributed by atoms with van der Waals surface area (Å²) < 4.78 is 2.11. The van der Waals surface area contributed by atoms with Gasteiger partial charge in [-0.1, -0.05) is 6.07 Å². The van der Waals surface area contributed by atoms with Crippen LogP contribution in [0.3, 0.4) is 0 Å². The summed E-state index contributed by atoms with van der Waals surface area (Å²) in [6.45, 7) is 5.07. The maximum atomic E-state index is 4.28. The molecule has 2 heterocycles. The molecule has 2 aromatic rings. The van der Waals surface area contributed by atoms with E-state index in [1.807, 2.05) is 24.7 Å². The molecular formula is C12H16N4. The van der Waals surface area contributed by atoms with Gasteiger partial charge in [-0.3, -0.25) is 4.98 Å². The van der Waals surface area contributed by atoms with Gasteiger partial charge >= 0.3 is 0 Å². The van der Waals surface area contributed by atoms with Gasteiger partial charge in [-0.05, 0) is 25.5 Å². The molecule has 0 spiro atoms. The van der Waals surface area contributed by atoms with Crippen LogP contribution in [0.25, 0.3) is 0 Å². The van der Waals surface area contributed by atoms with Gasteiger partial charge in [0, 0.05) is 31.3 Å². The molecule has 1 atom stereocenters. The molecule has 2 aromatic heterocycles. The third-order valence-corrected chi connectivity index (χ3v) is 2.59. The number of anilines is 1. The summed E-state index contributed by atoms with van der Waals surface area (Å²) in [6, 6.07) is 4.27. The Labute approximate surface area is 95.4 Å². The lowest BCUT2D eigenvalue weighted by Gasteiger charge is -2.16. The van der Waals surface area contributed by atoms with Crippen molar-refractivity contribution in [3.05, 3.63) is 42.5 Å². The quantitative estimate of drug-likeness (QED) is 0.852. The molecule has 0 bridgehead atoms. The van der Waals surface area contributed by atoms with Crippen molar-refractivity contribution in [1.82, 2.24) is 14.5 Å². The maximum Gasteiger partial charge on any atom is 0.203 e. The zero-order valence-electron chi connectivity index (χ0n) is 9.59. The van der Waals surface area contributed by atoms with Crippen molar-refractivity contribution in [3.8, 4) is 0 Å². The van der Waals surface area contributed by atoms with Crippen molar-refractivity contribution in [1.29, 1.82) is 0 Å². The van der Waals surface area contributed by atoms with E-state index in [0.29, 0.717) is 0 Å². The largest absolute Gasteiger partial charge is 0.356 e. The second-order valence-corrected chi connectivity index (χ2v) is 3.65. The van der Waals surface area contributed by atoms with Crippen LogP contribution in [0.2, 0.25) is 0 Å². The zero-order chi connectivity index (χ0) is 11.4. The van der Waals surface area contributed by atoms with Crippen LogP contribution in [0.1, 0.15) is 25.5 Å². The molecule has 4 nitrogen and oxygen atoms in total. The normalized spacial score (nSPS) is 12.4. The molecule has 0 radical (unpaired) electrons. The van der Waals surface area contributed by atoms with Gasteiger partial charge in [-0.25, -0.2) is 4.98 Å². The lowest BCUT2D eigenvalue weighted by molar-refractivity contribution is 0.641. The molecule has 0 fully saturated rings. The van der Waals surface area contributed by atoms with Crippen LogP contribution in [-0.2, 0) is 0 Å². The molecular weight excluding hydrogens is 200 g/mol. The topological polar surface area (TPSA) is 42.7 Å². The van der Waals surface area contributed by atoms with E-state index in [1.54, 1.807) is 6.20 Å². The smallest absolute Gasteiger partial charge is 0.203 e. The third-order valence-electron chi connectivity index (χ3n) is 2.59. The molecule has 1 N–H and O–H groups in total. The second-order valence-electron chi connectivity index (χ2n) is 3.65. The van der Waals surface area contributed by atoms with Crippen molar-refractivity contribution in [2.45, 2.75) is 19.9 Å². The fourth-order valence-corrected chi connectivity index (χ4v) is 1.70. The van der Waals surface area contributed by atoms with E-state index >= 15 is 0 Å². The van der Waals surface area contributed by atoms with E-state index in [0.717, 1.165) is 12.5 Å². The van der Waals surface area contributed by atoms with E-state index in [2.05, 4.69) is 39.8 Å². The first-order valence-electron chi connectivity index (χ1n) is 5.49. The highest BCUT2D eigenvalue weighted by Gasteiger charge is 2.10. The van der Waals surface area contributed by atoms with Gasteiger partial charge in [0.2, 0.25) is 5.95 Å². The van der Waals surface area contributed by atoms with E-state index in [4.69, 9.17) is 0 Å². The number of nitrogens with zero attached hydrogens (tertiary/aromatic N) is 3. The number of nitrogens with one attached hydrogen (secondary N) is 1. The van der Waals surface area contributed by atoms with Crippen LogP contribution in [0.4, 0.5) is 5.95 Å². The van der Waals surface area contributed by atoms with E-state index < -0.39 is 0 Å². The maximum absolute atomic E-state index is 4.28. The van der Waals surface area contributed by atoms with Crippen LogP contribution < -0.4 is 5.32 Å². The molecule has 0 aromatic carbocycles. The van der Waals surface area contributed by atoms with E-state index in [1.165, 1.54) is 5.56 Å². The molecule has 1 unspecified atom stereocenters. The summed E-state index contributed by atoms with van der Waals surface area (Å²) in [6.07, 6.45) is 7.47. The fraction of sp³-hybridized carbons (Fsp3) is 0.333. The molecule has 16 heavy (non-hydrogen) atoms. The molecule has 84 valence electrons. The van der Waals surface area contributed by atoms with Crippen LogP contribution >= 0.6 is 0 Å². The number of hydrogen-bond donors (Lipinski definition) is 1. The van der Waals surface area contributed by atoms with Gasteiger partial charge in [0.1, 0.15) is 0 Å². The van der Waals surface area contributed by atoms with Crippen molar-refractivity contribution in [2.24, 2.45) is 0 Å². The van der Waals surface area contributed by atoms with Crippen molar-refractivity contribution < 1.29 is 0 Å². The van der Waals surface area contributed by atoms with Crippen LogP contribution in [0.5, 0.6) is 0 Å². The Balaban J connectivity index is 2.27. The Bertz CT molecular complexity index is 435. The number of hydrogen-bond acceptors (Lipinski definition) is 3. The predicted molar refractivity (Wildman–Crippen MR) is 64.4 cm³/mol. The van der Waals surface area contributed by atoms with E-state index in [-0.39, 0.29) is 6.04 Å². The van der Waals surface area contributed by atoms with Crippen molar-refractivity contribution in [2.75, 3.05) is 11.9 Å². The first kappa shape index (κ1) is 10.7. The molecule has 0 amide bonds. The molecule has 0 aliphatic heterocycles. The first-order chi connectivity index (χ1) is 7.83. The van der Waals surface area contributed by atoms with Crippen LogP contribution in [0.15, 0.2) is 36.9 Å². The van der Waals surface area contributed by atoms with Crippen LogP contribution in [0, 0.1) is 0 Å². The summed E-state index contributed by atoms with van der Waals surface area (Å²) in [4.78, 5) is 8.42. The average molecular weight is 216 g/mol. The Morgan fingerprint density at radius 3 is 3.00 bits per heavy atom. The van der Waals surface area contributed by atoms with Gasteiger partial charge in [0.05, 0.1) is 6.04 Å². The molecule has 0 aliphatic rings. The SMILES string of the molecule is CCNc1nccn1C(C)c1cccnc1. The summed E-state index contributed by atoms with van der Waals surface area (Å²) in [5.74, 6) is 0.902. The fourth-order valence-electron chi connectivity index (χ4n) is 1.70. The van der Waals surface area contributed by atoms with Crippen LogP contribution in [-0.4, -0.2) is 21.1 Å². The predicted octanol–water partition coefficient (Wildman–Crippen LogP) is 2.32. The van der Waals surface area contributed by atoms with Gasteiger partial charge in [0.15, 0.2) is 0 Å². The lowest BCUT2D eigenvalue weighted by atomic mass is 10.1. The number of pyridine rings is 1. The standard InChI is InChI=1S/C12H16N4/c1-3-14-12-15-7-8-16(12)10(2)11-5-4-6-13-9-11/h4-10H,3H2,1-2H3,(H,14,15). The molecule has 0 saturated heterocycles. The number of imidazole rings is 1. The molecule has 4 heteroatoms. The molecule has 2 rings (SSSR count). The lowest BCUT2D eigenvalue weighted by Crippen LogP contribution is -2.11. The molecule has 0 aliphatic carbocycles. The Morgan fingerprint density at radius 2 is 2.31 bits per heavy atom. The van der Waals surface area contributed by atoms with Gasteiger partial charge in [0.25, 0.3) is 0 Å². The minimum Gasteiger partial charge on any atom is -0.356 e. The Kier molecular flexibility index (Phi) is 3.19. The Morgan fingerprint density at radius 1 is 1.44 bits per heavy atom. The van der Waals surface area contributed by atoms with Gasteiger partial charge < -0.3 is 9.88 Å². The summed E-state index contributed by atoms with van der Waals surface area (Å²) >= 11 is 0. The first-order valence-corrected chi connectivity index (χ1v) is 5.49. The average Bonchev–Trinajstić information content (AvgIpc) is 2.78. The number of rotatable bonds is 4. The minimum absolute atomic E-state index is 0.241. The Hall–Kier alpha value is -1.84.